The molecule has 1 aromatic heterocycles. The van der Waals surface area contributed by atoms with Crippen LogP contribution in [0.25, 0.3) is 11.4 Å². The third-order valence-corrected chi connectivity index (χ3v) is 3.06. The second-order valence-electron chi connectivity index (χ2n) is 4.86. The van der Waals surface area contributed by atoms with Crippen LogP contribution in [-0.2, 0) is 11.2 Å². The zero-order chi connectivity index (χ0) is 13.9. The predicted octanol–water partition coefficient (Wildman–Crippen LogP) is 2.09. The lowest BCUT2D eigenvalue weighted by Gasteiger charge is -1.99. The molecule has 104 valence electrons. The maximum Gasteiger partial charge on any atom is 0.227 e. The molecule has 2 aromatic rings. The Morgan fingerprint density at radius 2 is 2.30 bits per heavy atom. The lowest BCUT2D eigenvalue weighted by molar-refractivity contribution is -0.121. The van der Waals surface area contributed by atoms with E-state index in [2.05, 4.69) is 15.5 Å². The molecule has 0 radical (unpaired) electrons. The summed E-state index contributed by atoms with van der Waals surface area (Å²) in [4.78, 5) is 15.7. The number of halogens is 1. The van der Waals surface area contributed by atoms with E-state index >= 15 is 0 Å². The van der Waals surface area contributed by atoms with Crippen LogP contribution in [0, 0.1) is 5.82 Å². The number of aryl methyl sites for hydroxylation is 1. The van der Waals surface area contributed by atoms with E-state index in [4.69, 9.17) is 4.52 Å². The lowest BCUT2D eigenvalue weighted by atomic mass is 10.2. The van der Waals surface area contributed by atoms with Crippen molar-refractivity contribution in [2.45, 2.75) is 31.7 Å². The van der Waals surface area contributed by atoms with Crippen LogP contribution in [0.3, 0.4) is 0 Å². The van der Waals surface area contributed by atoms with Gasteiger partial charge in [-0.3, -0.25) is 4.79 Å². The van der Waals surface area contributed by atoms with Gasteiger partial charge in [-0.15, -0.1) is 0 Å². The second kappa shape index (κ2) is 5.40. The molecular weight excluding hydrogens is 261 g/mol. The number of nitrogens with zero attached hydrogens (tertiary/aromatic N) is 2. The summed E-state index contributed by atoms with van der Waals surface area (Å²) in [5.74, 6) is 0.368. The monoisotopic (exact) mass is 275 g/mol. The molecule has 1 N–H and O–H groups in total. The first-order chi connectivity index (χ1) is 9.70. The number of rotatable bonds is 5. The minimum absolute atomic E-state index is 0.00185. The van der Waals surface area contributed by atoms with Gasteiger partial charge in [0.2, 0.25) is 17.6 Å². The first-order valence-electron chi connectivity index (χ1n) is 6.58. The van der Waals surface area contributed by atoms with Crippen molar-refractivity contribution in [2.75, 3.05) is 0 Å². The van der Waals surface area contributed by atoms with Gasteiger partial charge in [0.15, 0.2) is 0 Å². The minimum Gasteiger partial charge on any atom is -0.353 e. The Bertz CT molecular complexity index is 622. The minimum atomic E-state index is -0.349. The Hall–Kier alpha value is -2.24. The Kier molecular flexibility index (Phi) is 3.45. The van der Waals surface area contributed by atoms with Gasteiger partial charge in [-0.2, -0.15) is 4.98 Å². The van der Waals surface area contributed by atoms with E-state index in [1.54, 1.807) is 12.1 Å². The fourth-order valence-corrected chi connectivity index (χ4v) is 1.85. The molecule has 0 bridgehead atoms. The van der Waals surface area contributed by atoms with Gasteiger partial charge < -0.3 is 9.84 Å². The first-order valence-corrected chi connectivity index (χ1v) is 6.58. The van der Waals surface area contributed by atoms with Gasteiger partial charge in [-0.1, -0.05) is 17.3 Å². The molecule has 6 heteroatoms. The number of benzene rings is 1. The molecule has 1 fully saturated rings. The van der Waals surface area contributed by atoms with Gasteiger partial charge in [-0.25, -0.2) is 4.39 Å². The van der Waals surface area contributed by atoms with Crippen molar-refractivity contribution in [2.24, 2.45) is 0 Å². The Labute approximate surface area is 115 Å². The molecule has 5 nitrogen and oxygen atoms in total. The van der Waals surface area contributed by atoms with Gasteiger partial charge in [-0.05, 0) is 25.0 Å². The Balaban J connectivity index is 1.60. The number of aromatic nitrogens is 2. The number of amides is 1. The van der Waals surface area contributed by atoms with Crippen molar-refractivity contribution >= 4 is 5.91 Å². The molecule has 0 spiro atoms. The summed E-state index contributed by atoms with van der Waals surface area (Å²) < 4.78 is 18.2. The van der Waals surface area contributed by atoms with Crippen molar-refractivity contribution in [3.8, 4) is 11.4 Å². The average Bonchev–Trinajstić information content (AvgIpc) is 3.11. The van der Waals surface area contributed by atoms with Crippen LogP contribution in [0.15, 0.2) is 28.8 Å². The number of hydrogen-bond acceptors (Lipinski definition) is 4. The van der Waals surface area contributed by atoms with Crippen molar-refractivity contribution in [1.29, 1.82) is 0 Å². The van der Waals surface area contributed by atoms with Crippen LogP contribution in [-0.4, -0.2) is 22.1 Å². The van der Waals surface area contributed by atoms with E-state index in [9.17, 15) is 9.18 Å². The molecule has 1 aliphatic rings. The molecule has 0 atom stereocenters. The summed E-state index contributed by atoms with van der Waals surface area (Å²) >= 11 is 0. The summed E-state index contributed by atoms with van der Waals surface area (Å²) in [5.41, 5.74) is 0.558. The highest BCUT2D eigenvalue weighted by Crippen LogP contribution is 2.19. The SMILES string of the molecule is O=C(CCc1nc(-c2cccc(F)c2)no1)NC1CC1. The zero-order valence-corrected chi connectivity index (χ0v) is 10.8. The van der Waals surface area contributed by atoms with Crippen molar-refractivity contribution < 1.29 is 13.7 Å². The highest BCUT2D eigenvalue weighted by molar-refractivity contribution is 5.76. The average molecular weight is 275 g/mol. The highest BCUT2D eigenvalue weighted by atomic mass is 19.1. The Morgan fingerprint density at radius 1 is 1.45 bits per heavy atom. The third kappa shape index (κ3) is 3.20. The molecule has 1 aliphatic carbocycles. The summed E-state index contributed by atoms with van der Waals surface area (Å²) in [6, 6.07) is 6.34. The number of carbonyl (C=O) groups is 1. The predicted molar refractivity (Wildman–Crippen MR) is 69.2 cm³/mol. The van der Waals surface area contributed by atoms with Gasteiger partial charge in [0, 0.05) is 24.4 Å². The molecule has 20 heavy (non-hydrogen) atoms. The van der Waals surface area contributed by atoms with E-state index in [0.717, 1.165) is 12.8 Å². The lowest BCUT2D eigenvalue weighted by Crippen LogP contribution is -2.25. The second-order valence-corrected chi connectivity index (χ2v) is 4.86. The fraction of sp³-hybridized carbons (Fsp3) is 0.357. The van der Waals surface area contributed by atoms with Gasteiger partial charge >= 0.3 is 0 Å². The maximum atomic E-state index is 13.1. The maximum absolute atomic E-state index is 13.1. The van der Waals surface area contributed by atoms with Crippen LogP contribution >= 0.6 is 0 Å². The molecule has 3 rings (SSSR count). The highest BCUT2D eigenvalue weighted by Gasteiger charge is 2.23. The summed E-state index contributed by atoms with van der Waals surface area (Å²) in [6.07, 6.45) is 2.84. The largest absolute Gasteiger partial charge is 0.353 e. The first kappa shape index (κ1) is 12.8. The fourth-order valence-electron chi connectivity index (χ4n) is 1.85. The van der Waals surface area contributed by atoms with Crippen LogP contribution in [0.5, 0.6) is 0 Å². The molecule has 1 heterocycles. The molecule has 1 amide bonds. The van der Waals surface area contributed by atoms with Crippen molar-refractivity contribution in [1.82, 2.24) is 15.5 Å². The summed E-state index contributed by atoms with van der Waals surface area (Å²) in [5, 5.41) is 6.69. The van der Waals surface area contributed by atoms with E-state index in [1.807, 2.05) is 0 Å². The van der Waals surface area contributed by atoms with Gasteiger partial charge in [0.25, 0.3) is 0 Å². The van der Waals surface area contributed by atoms with Crippen LogP contribution in [0.2, 0.25) is 0 Å². The molecule has 1 aromatic carbocycles. The number of nitrogens with one attached hydrogen (secondary N) is 1. The summed E-state index contributed by atoms with van der Waals surface area (Å²) in [7, 11) is 0. The van der Waals surface area contributed by atoms with E-state index in [0.29, 0.717) is 36.2 Å². The summed E-state index contributed by atoms with van der Waals surface area (Å²) in [6.45, 7) is 0. The zero-order valence-electron chi connectivity index (χ0n) is 10.8. The standard InChI is InChI=1S/C14H14FN3O2/c15-10-3-1-2-9(8-10)14-17-13(20-18-14)7-6-12(19)16-11-4-5-11/h1-3,8,11H,4-7H2,(H,16,19). The van der Waals surface area contributed by atoms with Crippen LogP contribution in [0.1, 0.15) is 25.2 Å². The topological polar surface area (TPSA) is 68.0 Å². The normalized spacial score (nSPS) is 14.2. The Morgan fingerprint density at radius 3 is 3.05 bits per heavy atom. The van der Waals surface area contributed by atoms with Crippen molar-refractivity contribution in [3.05, 3.63) is 36.0 Å². The van der Waals surface area contributed by atoms with Crippen LogP contribution < -0.4 is 5.32 Å². The molecule has 1 saturated carbocycles. The smallest absolute Gasteiger partial charge is 0.227 e. The third-order valence-electron chi connectivity index (χ3n) is 3.06. The van der Waals surface area contributed by atoms with E-state index in [-0.39, 0.29) is 11.7 Å². The number of hydrogen-bond donors (Lipinski definition) is 1. The molecule has 0 aliphatic heterocycles. The van der Waals surface area contributed by atoms with Gasteiger partial charge in [0.05, 0.1) is 0 Å². The molecule has 0 saturated heterocycles. The van der Waals surface area contributed by atoms with E-state index in [1.165, 1.54) is 12.1 Å². The quantitative estimate of drug-likeness (QED) is 0.907. The van der Waals surface area contributed by atoms with Crippen LogP contribution in [0.4, 0.5) is 4.39 Å². The molecule has 0 unspecified atom stereocenters. The number of carbonyl (C=O) groups excluding carboxylic acids is 1. The van der Waals surface area contributed by atoms with Gasteiger partial charge in [0.1, 0.15) is 5.82 Å². The van der Waals surface area contributed by atoms with Crippen molar-refractivity contribution in [3.63, 3.8) is 0 Å². The van der Waals surface area contributed by atoms with E-state index < -0.39 is 0 Å². The molecular formula is C14H14FN3O2.